The normalized spacial score (nSPS) is 14.9. The summed E-state index contributed by atoms with van der Waals surface area (Å²) in [6.45, 7) is 5.58. The van der Waals surface area contributed by atoms with E-state index in [2.05, 4.69) is 0 Å². The molecule has 1 aliphatic rings. The zero-order valence-corrected chi connectivity index (χ0v) is 15.4. The molecule has 0 radical (unpaired) electrons. The number of nitrogens with zero attached hydrogens (tertiary/aromatic N) is 1. The molecule has 134 valence electrons. The van der Waals surface area contributed by atoms with Gasteiger partial charge in [-0.25, -0.2) is 0 Å². The smallest absolute Gasteiger partial charge is 0.308 e. The Morgan fingerprint density at radius 1 is 1.38 bits per heavy atom. The van der Waals surface area contributed by atoms with Crippen LogP contribution in [-0.2, 0) is 22.4 Å². The Balaban J connectivity index is 2.07. The van der Waals surface area contributed by atoms with Crippen molar-refractivity contribution in [2.45, 2.75) is 46.0 Å². The van der Waals surface area contributed by atoms with E-state index in [0.29, 0.717) is 19.8 Å². The lowest BCUT2D eigenvalue weighted by atomic mass is 9.99. The summed E-state index contributed by atoms with van der Waals surface area (Å²) in [6, 6.07) is 2.02. The minimum absolute atomic E-state index is 0.0426. The highest BCUT2D eigenvalue weighted by molar-refractivity contribution is 7.14. The highest BCUT2D eigenvalue weighted by Gasteiger charge is 2.24. The maximum absolute atomic E-state index is 12.9. The van der Waals surface area contributed by atoms with Gasteiger partial charge in [0.25, 0.3) is 5.91 Å². The Hall–Kier alpha value is -1.40. The number of carboxylic acids is 1. The first kappa shape index (κ1) is 18.9. The van der Waals surface area contributed by atoms with Crippen LogP contribution >= 0.6 is 11.3 Å². The van der Waals surface area contributed by atoms with Crippen LogP contribution in [0.1, 0.15) is 53.2 Å². The van der Waals surface area contributed by atoms with Gasteiger partial charge in [0.1, 0.15) is 0 Å². The molecule has 0 saturated heterocycles. The monoisotopic (exact) mass is 353 g/mol. The van der Waals surface area contributed by atoms with E-state index in [4.69, 9.17) is 9.84 Å². The quantitative estimate of drug-likeness (QED) is 0.692. The predicted molar refractivity (Wildman–Crippen MR) is 94.8 cm³/mol. The molecule has 1 unspecified atom stereocenters. The molecule has 0 fully saturated rings. The molecule has 0 aliphatic heterocycles. The van der Waals surface area contributed by atoms with Crippen LogP contribution in [0.25, 0.3) is 0 Å². The Morgan fingerprint density at radius 2 is 2.12 bits per heavy atom. The van der Waals surface area contributed by atoms with E-state index >= 15 is 0 Å². The van der Waals surface area contributed by atoms with Gasteiger partial charge in [0.2, 0.25) is 0 Å². The molecule has 0 bridgehead atoms. The summed E-state index contributed by atoms with van der Waals surface area (Å²) in [7, 11) is 0. The summed E-state index contributed by atoms with van der Waals surface area (Å²) in [4.78, 5) is 27.8. The van der Waals surface area contributed by atoms with Crippen molar-refractivity contribution in [2.75, 3.05) is 26.3 Å². The maximum atomic E-state index is 12.9. The summed E-state index contributed by atoms with van der Waals surface area (Å²) >= 11 is 1.58. The van der Waals surface area contributed by atoms with Crippen molar-refractivity contribution >= 4 is 23.2 Å². The fourth-order valence-electron chi connectivity index (χ4n) is 2.94. The van der Waals surface area contributed by atoms with E-state index in [-0.39, 0.29) is 12.5 Å². The standard InChI is InChI=1S/C18H27NO4S/c1-3-23-10-6-9-19(12-13(2)18(21)22)17(20)16-11-14-7-4-5-8-15(14)24-16/h11,13H,3-10,12H2,1-2H3,(H,21,22). The van der Waals surface area contributed by atoms with E-state index in [1.807, 2.05) is 13.0 Å². The van der Waals surface area contributed by atoms with E-state index in [0.717, 1.165) is 24.1 Å². The highest BCUT2D eigenvalue weighted by atomic mass is 32.1. The number of ether oxygens (including phenoxy) is 1. The van der Waals surface area contributed by atoms with Gasteiger partial charge < -0.3 is 14.7 Å². The molecule has 0 saturated carbocycles. The predicted octanol–water partition coefficient (Wildman–Crippen LogP) is 3.22. The number of rotatable bonds is 9. The van der Waals surface area contributed by atoms with Crippen molar-refractivity contribution in [2.24, 2.45) is 5.92 Å². The molecule has 1 aliphatic carbocycles. The zero-order chi connectivity index (χ0) is 17.5. The van der Waals surface area contributed by atoms with Crippen molar-refractivity contribution in [3.05, 3.63) is 21.4 Å². The molecule has 0 spiro atoms. The van der Waals surface area contributed by atoms with Crippen LogP contribution in [0.3, 0.4) is 0 Å². The van der Waals surface area contributed by atoms with Crippen molar-refractivity contribution in [1.29, 1.82) is 0 Å². The number of hydrogen-bond donors (Lipinski definition) is 1. The first-order valence-electron chi connectivity index (χ1n) is 8.74. The Morgan fingerprint density at radius 3 is 2.79 bits per heavy atom. The second-order valence-electron chi connectivity index (χ2n) is 6.31. The lowest BCUT2D eigenvalue weighted by molar-refractivity contribution is -0.141. The number of thiophene rings is 1. The second kappa shape index (κ2) is 9.18. The molecule has 1 N–H and O–H groups in total. The summed E-state index contributed by atoms with van der Waals surface area (Å²) in [6.07, 6.45) is 5.20. The van der Waals surface area contributed by atoms with Crippen LogP contribution in [0.2, 0.25) is 0 Å². The number of aliphatic carboxylic acids is 1. The van der Waals surface area contributed by atoms with Gasteiger partial charge in [0.05, 0.1) is 10.8 Å². The van der Waals surface area contributed by atoms with Crippen LogP contribution in [0.5, 0.6) is 0 Å². The molecule has 0 aromatic carbocycles. The summed E-state index contributed by atoms with van der Waals surface area (Å²) < 4.78 is 5.34. The van der Waals surface area contributed by atoms with Gasteiger partial charge in [-0.15, -0.1) is 11.3 Å². The third kappa shape index (κ3) is 5.05. The number of fused-ring (bicyclic) bond motifs is 1. The van der Waals surface area contributed by atoms with Crippen LogP contribution in [0, 0.1) is 5.92 Å². The molecule has 5 nitrogen and oxygen atoms in total. The topological polar surface area (TPSA) is 66.8 Å². The van der Waals surface area contributed by atoms with E-state index in [9.17, 15) is 9.59 Å². The third-order valence-corrected chi connectivity index (χ3v) is 5.56. The van der Waals surface area contributed by atoms with Gasteiger partial charge in [0, 0.05) is 31.2 Å². The van der Waals surface area contributed by atoms with Crippen LogP contribution in [-0.4, -0.2) is 48.2 Å². The van der Waals surface area contributed by atoms with Crippen LogP contribution in [0.15, 0.2) is 6.07 Å². The first-order chi connectivity index (χ1) is 11.5. The first-order valence-corrected chi connectivity index (χ1v) is 9.56. The maximum Gasteiger partial charge on any atom is 0.308 e. The van der Waals surface area contributed by atoms with Gasteiger partial charge in [0.15, 0.2) is 0 Å². The lowest BCUT2D eigenvalue weighted by Crippen LogP contribution is -2.37. The minimum atomic E-state index is -0.872. The van der Waals surface area contributed by atoms with Gasteiger partial charge in [-0.1, -0.05) is 6.92 Å². The Labute approximate surface area is 147 Å². The van der Waals surface area contributed by atoms with Crippen molar-refractivity contribution in [3.8, 4) is 0 Å². The molecular formula is C18H27NO4S. The lowest BCUT2D eigenvalue weighted by Gasteiger charge is -2.24. The van der Waals surface area contributed by atoms with E-state index in [1.54, 1.807) is 23.2 Å². The number of carbonyl (C=O) groups is 2. The molecule has 1 aromatic rings. The molecule has 6 heteroatoms. The van der Waals surface area contributed by atoms with Crippen LogP contribution < -0.4 is 0 Å². The largest absolute Gasteiger partial charge is 0.481 e. The van der Waals surface area contributed by atoms with Gasteiger partial charge in [-0.05, 0) is 50.7 Å². The van der Waals surface area contributed by atoms with E-state index in [1.165, 1.54) is 23.3 Å². The fraction of sp³-hybridized carbons (Fsp3) is 0.667. The summed E-state index contributed by atoms with van der Waals surface area (Å²) in [5.41, 5.74) is 1.30. The van der Waals surface area contributed by atoms with E-state index < -0.39 is 11.9 Å². The average Bonchev–Trinajstić information content (AvgIpc) is 3.00. The molecule has 24 heavy (non-hydrogen) atoms. The van der Waals surface area contributed by atoms with Gasteiger partial charge in [-0.2, -0.15) is 0 Å². The second-order valence-corrected chi connectivity index (χ2v) is 7.44. The fourth-order valence-corrected chi connectivity index (χ4v) is 4.16. The third-order valence-electron chi connectivity index (χ3n) is 4.33. The van der Waals surface area contributed by atoms with Crippen LogP contribution in [0.4, 0.5) is 0 Å². The SMILES string of the molecule is CCOCCCN(CC(C)C(=O)O)C(=O)c1cc2c(s1)CCCC2. The minimum Gasteiger partial charge on any atom is -0.481 e. The number of aryl methyl sites for hydroxylation is 2. The van der Waals surface area contributed by atoms with Crippen molar-refractivity contribution < 1.29 is 19.4 Å². The van der Waals surface area contributed by atoms with Crippen molar-refractivity contribution in [1.82, 2.24) is 4.90 Å². The average molecular weight is 353 g/mol. The van der Waals surface area contributed by atoms with Crippen molar-refractivity contribution in [3.63, 3.8) is 0 Å². The number of carboxylic acid groups (broad SMARTS) is 1. The molecular weight excluding hydrogens is 326 g/mol. The summed E-state index contributed by atoms with van der Waals surface area (Å²) in [5, 5.41) is 9.17. The molecule has 2 rings (SSSR count). The Bertz CT molecular complexity index is 546. The number of carbonyl (C=O) groups excluding carboxylic acids is 1. The summed E-state index contributed by atoms with van der Waals surface area (Å²) in [5.74, 6) is -1.49. The molecule has 1 amide bonds. The zero-order valence-electron chi connectivity index (χ0n) is 14.5. The highest BCUT2D eigenvalue weighted by Crippen LogP contribution is 2.30. The number of amides is 1. The Kier molecular flexibility index (Phi) is 7.24. The van der Waals surface area contributed by atoms with Gasteiger partial charge in [-0.3, -0.25) is 9.59 Å². The molecule has 1 atom stereocenters. The van der Waals surface area contributed by atoms with Gasteiger partial charge >= 0.3 is 5.97 Å². The number of hydrogen-bond acceptors (Lipinski definition) is 4. The molecule has 1 heterocycles. The molecule has 1 aromatic heterocycles.